The van der Waals surface area contributed by atoms with Crippen molar-refractivity contribution in [3.8, 4) is 0 Å². The molecule has 0 saturated heterocycles. The predicted octanol–water partition coefficient (Wildman–Crippen LogP) is 3.08. The number of nitrogens with zero attached hydrogens (tertiary/aromatic N) is 2. The van der Waals surface area contributed by atoms with Crippen LogP contribution in [0.1, 0.15) is 52.5 Å². The SMILES string of the molecule is CC(C)n1ncc(Br)c1C(O)COC(C)(C)C. The third-order valence-electron chi connectivity index (χ3n) is 2.27. The molecule has 1 N–H and O–H groups in total. The molecule has 0 saturated carbocycles. The molecule has 1 aromatic rings. The molecule has 4 nitrogen and oxygen atoms in total. The first kappa shape index (κ1) is 14.7. The van der Waals surface area contributed by atoms with Gasteiger partial charge in [0.1, 0.15) is 6.10 Å². The summed E-state index contributed by atoms with van der Waals surface area (Å²) in [6.07, 6.45) is 1.03. The van der Waals surface area contributed by atoms with Crippen molar-refractivity contribution in [1.82, 2.24) is 9.78 Å². The number of hydrogen-bond donors (Lipinski definition) is 1. The fourth-order valence-corrected chi connectivity index (χ4v) is 2.02. The third kappa shape index (κ3) is 4.08. The Morgan fingerprint density at radius 3 is 2.53 bits per heavy atom. The average molecular weight is 305 g/mol. The van der Waals surface area contributed by atoms with Gasteiger partial charge in [-0.2, -0.15) is 5.10 Å². The summed E-state index contributed by atoms with van der Waals surface area (Å²) in [5.41, 5.74) is 0.514. The standard InChI is InChI=1S/C12H21BrN2O2/c1-8(2)15-11(9(13)6-14-15)10(16)7-17-12(3,4)5/h6,8,10,16H,7H2,1-5H3. The zero-order chi connectivity index (χ0) is 13.2. The second-order valence-corrected chi connectivity index (χ2v) is 6.21. The number of aromatic nitrogens is 2. The number of hydrogen-bond acceptors (Lipinski definition) is 3. The maximum atomic E-state index is 10.2. The van der Waals surface area contributed by atoms with Gasteiger partial charge in [-0.1, -0.05) is 0 Å². The second-order valence-electron chi connectivity index (χ2n) is 5.36. The van der Waals surface area contributed by atoms with Gasteiger partial charge in [-0.25, -0.2) is 0 Å². The normalized spacial score (nSPS) is 14.4. The first-order chi connectivity index (χ1) is 7.72. The lowest BCUT2D eigenvalue weighted by Crippen LogP contribution is -2.24. The molecule has 17 heavy (non-hydrogen) atoms. The molecule has 0 spiro atoms. The minimum absolute atomic E-state index is 0.209. The van der Waals surface area contributed by atoms with Gasteiger partial charge >= 0.3 is 0 Å². The monoisotopic (exact) mass is 304 g/mol. The second kappa shape index (κ2) is 5.50. The summed E-state index contributed by atoms with van der Waals surface area (Å²) in [4.78, 5) is 0. The maximum absolute atomic E-state index is 10.2. The van der Waals surface area contributed by atoms with Crippen molar-refractivity contribution in [3.63, 3.8) is 0 Å². The van der Waals surface area contributed by atoms with E-state index < -0.39 is 6.10 Å². The summed E-state index contributed by atoms with van der Waals surface area (Å²) in [5.74, 6) is 0. The van der Waals surface area contributed by atoms with Crippen LogP contribution in [0.4, 0.5) is 0 Å². The summed E-state index contributed by atoms with van der Waals surface area (Å²) < 4.78 is 8.21. The van der Waals surface area contributed by atoms with Crippen LogP contribution in [0, 0.1) is 0 Å². The molecule has 1 unspecified atom stereocenters. The van der Waals surface area contributed by atoms with Gasteiger partial charge in [0, 0.05) is 6.04 Å². The van der Waals surface area contributed by atoms with E-state index >= 15 is 0 Å². The van der Waals surface area contributed by atoms with E-state index in [0.717, 1.165) is 10.2 Å². The number of aliphatic hydroxyl groups is 1. The summed E-state index contributed by atoms with van der Waals surface area (Å²) in [5, 5.41) is 14.4. The lowest BCUT2D eigenvalue weighted by atomic mass is 10.2. The van der Waals surface area contributed by atoms with E-state index in [1.165, 1.54) is 0 Å². The minimum atomic E-state index is -0.673. The smallest absolute Gasteiger partial charge is 0.120 e. The van der Waals surface area contributed by atoms with Crippen LogP contribution >= 0.6 is 15.9 Å². The zero-order valence-electron chi connectivity index (χ0n) is 11.1. The van der Waals surface area contributed by atoms with Crippen LogP contribution in [-0.2, 0) is 4.74 Å². The molecule has 98 valence electrons. The van der Waals surface area contributed by atoms with Crippen molar-refractivity contribution in [2.24, 2.45) is 0 Å². The quantitative estimate of drug-likeness (QED) is 0.930. The van der Waals surface area contributed by atoms with Crippen LogP contribution in [0.25, 0.3) is 0 Å². The molecule has 1 aromatic heterocycles. The van der Waals surface area contributed by atoms with Gasteiger partial charge in [0.25, 0.3) is 0 Å². The van der Waals surface area contributed by atoms with E-state index in [9.17, 15) is 5.11 Å². The van der Waals surface area contributed by atoms with E-state index in [2.05, 4.69) is 21.0 Å². The van der Waals surface area contributed by atoms with Crippen LogP contribution in [0.2, 0.25) is 0 Å². The molecule has 0 radical (unpaired) electrons. The maximum Gasteiger partial charge on any atom is 0.120 e. The highest BCUT2D eigenvalue weighted by atomic mass is 79.9. The predicted molar refractivity (Wildman–Crippen MR) is 71.0 cm³/mol. The third-order valence-corrected chi connectivity index (χ3v) is 2.88. The van der Waals surface area contributed by atoms with E-state index in [4.69, 9.17) is 4.74 Å². The Labute approximate surface area is 111 Å². The Kier molecular flexibility index (Phi) is 4.75. The van der Waals surface area contributed by atoms with Gasteiger partial charge in [0.05, 0.1) is 28.6 Å². The molecule has 0 aliphatic carbocycles. The van der Waals surface area contributed by atoms with Gasteiger partial charge in [-0.15, -0.1) is 0 Å². The fourth-order valence-electron chi connectivity index (χ4n) is 1.48. The van der Waals surface area contributed by atoms with E-state index in [1.54, 1.807) is 10.9 Å². The van der Waals surface area contributed by atoms with Crippen LogP contribution in [-0.4, -0.2) is 27.1 Å². The van der Waals surface area contributed by atoms with Gasteiger partial charge in [-0.3, -0.25) is 4.68 Å². The van der Waals surface area contributed by atoms with Crippen molar-refractivity contribution >= 4 is 15.9 Å². The zero-order valence-corrected chi connectivity index (χ0v) is 12.7. The molecule has 1 atom stereocenters. The van der Waals surface area contributed by atoms with Gasteiger partial charge in [-0.05, 0) is 50.5 Å². The molecule has 0 aliphatic heterocycles. The van der Waals surface area contributed by atoms with Crippen LogP contribution < -0.4 is 0 Å². The number of aliphatic hydroxyl groups excluding tert-OH is 1. The van der Waals surface area contributed by atoms with Crippen LogP contribution in [0.5, 0.6) is 0 Å². The van der Waals surface area contributed by atoms with Crippen molar-refractivity contribution < 1.29 is 9.84 Å². The molecule has 5 heteroatoms. The molecule has 0 bridgehead atoms. The highest BCUT2D eigenvalue weighted by Crippen LogP contribution is 2.26. The average Bonchev–Trinajstić information content (AvgIpc) is 2.55. The van der Waals surface area contributed by atoms with E-state index in [0.29, 0.717) is 0 Å². The Morgan fingerprint density at radius 2 is 2.06 bits per heavy atom. The number of ether oxygens (including phenoxy) is 1. The Bertz CT molecular complexity index is 369. The van der Waals surface area contributed by atoms with Crippen molar-refractivity contribution in [1.29, 1.82) is 0 Å². The Hall–Kier alpha value is -0.390. The Morgan fingerprint density at radius 1 is 1.47 bits per heavy atom. The largest absolute Gasteiger partial charge is 0.384 e. The summed E-state index contributed by atoms with van der Waals surface area (Å²) in [7, 11) is 0. The van der Waals surface area contributed by atoms with Crippen LogP contribution in [0.3, 0.4) is 0 Å². The van der Waals surface area contributed by atoms with Crippen LogP contribution in [0.15, 0.2) is 10.7 Å². The van der Waals surface area contributed by atoms with Gasteiger partial charge < -0.3 is 9.84 Å². The van der Waals surface area contributed by atoms with E-state index in [-0.39, 0.29) is 18.2 Å². The molecule has 1 heterocycles. The molecular formula is C12H21BrN2O2. The minimum Gasteiger partial charge on any atom is -0.384 e. The van der Waals surface area contributed by atoms with Crippen molar-refractivity contribution in [3.05, 3.63) is 16.4 Å². The molecule has 0 aliphatic rings. The first-order valence-electron chi connectivity index (χ1n) is 5.77. The Balaban J connectivity index is 2.81. The topological polar surface area (TPSA) is 47.3 Å². The highest BCUT2D eigenvalue weighted by molar-refractivity contribution is 9.10. The summed E-state index contributed by atoms with van der Waals surface area (Å²) in [6, 6.07) is 0.209. The molecule has 0 amide bonds. The lowest BCUT2D eigenvalue weighted by molar-refractivity contribution is -0.0521. The van der Waals surface area contributed by atoms with Gasteiger partial charge in [0.15, 0.2) is 0 Å². The van der Waals surface area contributed by atoms with Crippen molar-refractivity contribution in [2.75, 3.05) is 6.61 Å². The summed E-state index contributed by atoms with van der Waals surface area (Å²) >= 11 is 3.41. The molecular weight excluding hydrogens is 284 g/mol. The highest BCUT2D eigenvalue weighted by Gasteiger charge is 2.21. The first-order valence-corrected chi connectivity index (χ1v) is 6.56. The number of halogens is 1. The molecule has 0 fully saturated rings. The van der Waals surface area contributed by atoms with Gasteiger partial charge in [0.2, 0.25) is 0 Å². The van der Waals surface area contributed by atoms with E-state index in [1.807, 2.05) is 34.6 Å². The van der Waals surface area contributed by atoms with Crippen molar-refractivity contribution in [2.45, 2.75) is 52.4 Å². The number of rotatable bonds is 4. The summed E-state index contributed by atoms with van der Waals surface area (Å²) in [6.45, 7) is 10.2. The lowest BCUT2D eigenvalue weighted by Gasteiger charge is -2.23. The molecule has 1 rings (SSSR count). The fraction of sp³-hybridized carbons (Fsp3) is 0.750. The molecule has 0 aromatic carbocycles.